The Morgan fingerprint density at radius 2 is 1.91 bits per heavy atom. The number of carbonyl (C=O) groups excluding carboxylic acids is 1. The summed E-state index contributed by atoms with van der Waals surface area (Å²) in [6, 6.07) is 9.80. The molecule has 2 aromatic rings. The van der Waals surface area contributed by atoms with Crippen LogP contribution in [-0.2, 0) is 30.9 Å². The maximum atomic E-state index is 14.2. The molecule has 1 unspecified atom stereocenters. The van der Waals surface area contributed by atoms with Crippen molar-refractivity contribution >= 4 is 27.6 Å². The number of nitrogens with zero attached hydrogens (tertiary/aromatic N) is 1. The SMILES string of the molecule is COc1ccc(C2(CCOS(C)(=O)=O)CCN(C(=O)Cc3c(F)cccc3Cl)C2)cc1OC. The van der Waals surface area contributed by atoms with E-state index in [2.05, 4.69) is 0 Å². The number of benzene rings is 2. The molecule has 0 spiro atoms. The molecule has 0 bridgehead atoms. The molecule has 1 amide bonds. The van der Waals surface area contributed by atoms with E-state index in [9.17, 15) is 17.6 Å². The van der Waals surface area contributed by atoms with Crippen LogP contribution in [0.1, 0.15) is 24.0 Å². The van der Waals surface area contributed by atoms with Gasteiger partial charge in [-0.2, -0.15) is 8.42 Å². The Kier molecular flexibility index (Phi) is 7.87. The van der Waals surface area contributed by atoms with Crippen LogP contribution in [0.25, 0.3) is 0 Å². The molecule has 0 saturated carbocycles. The average molecular weight is 500 g/mol. The standard InChI is InChI=1S/C23H27ClFNO6S/c1-30-20-8-7-16(13-21(20)31-2)23(10-12-32-33(3,28)29)9-11-26(15-23)22(27)14-17-18(24)5-4-6-19(17)25/h4-8,13H,9-12,14-15H2,1-3H3. The number of carbonyl (C=O) groups is 1. The van der Waals surface area contributed by atoms with E-state index >= 15 is 0 Å². The second kappa shape index (κ2) is 10.3. The van der Waals surface area contributed by atoms with E-state index in [1.165, 1.54) is 26.4 Å². The van der Waals surface area contributed by atoms with Crippen molar-refractivity contribution in [1.82, 2.24) is 4.90 Å². The first-order valence-corrected chi connectivity index (χ1v) is 12.6. The number of hydrogen-bond donors (Lipinski definition) is 0. The summed E-state index contributed by atoms with van der Waals surface area (Å²) in [6.07, 6.45) is 1.78. The first-order valence-electron chi connectivity index (χ1n) is 10.4. The molecule has 2 aromatic carbocycles. The van der Waals surface area contributed by atoms with E-state index < -0.39 is 21.4 Å². The third-order valence-electron chi connectivity index (χ3n) is 5.97. The van der Waals surface area contributed by atoms with Gasteiger partial charge < -0.3 is 14.4 Å². The van der Waals surface area contributed by atoms with Gasteiger partial charge in [-0.3, -0.25) is 8.98 Å². The highest BCUT2D eigenvalue weighted by molar-refractivity contribution is 7.85. The highest BCUT2D eigenvalue weighted by atomic mass is 35.5. The summed E-state index contributed by atoms with van der Waals surface area (Å²) in [5.41, 5.74) is 0.462. The number of halogens is 2. The van der Waals surface area contributed by atoms with Gasteiger partial charge >= 0.3 is 0 Å². The number of ether oxygens (including phenoxy) is 2. The summed E-state index contributed by atoms with van der Waals surface area (Å²) < 4.78 is 52.9. The Balaban J connectivity index is 1.87. The fourth-order valence-electron chi connectivity index (χ4n) is 4.19. The third kappa shape index (κ3) is 5.96. The van der Waals surface area contributed by atoms with Gasteiger partial charge in [-0.25, -0.2) is 4.39 Å². The van der Waals surface area contributed by atoms with Crippen molar-refractivity contribution in [2.45, 2.75) is 24.7 Å². The lowest BCUT2D eigenvalue weighted by Crippen LogP contribution is -2.36. The first-order chi connectivity index (χ1) is 15.6. The molecule has 0 N–H and O–H groups in total. The lowest BCUT2D eigenvalue weighted by Gasteiger charge is -2.30. The van der Waals surface area contributed by atoms with Crippen molar-refractivity contribution < 1.29 is 31.3 Å². The molecule has 1 saturated heterocycles. The van der Waals surface area contributed by atoms with Crippen molar-refractivity contribution in [3.05, 3.63) is 58.4 Å². The summed E-state index contributed by atoms with van der Waals surface area (Å²) >= 11 is 6.10. The fourth-order valence-corrected chi connectivity index (χ4v) is 4.80. The van der Waals surface area contributed by atoms with Crippen LogP contribution < -0.4 is 9.47 Å². The molecular formula is C23H27ClFNO6S. The highest BCUT2D eigenvalue weighted by Gasteiger charge is 2.42. The molecule has 3 rings (SSSR count). The number of amides is 1. The second-order valence-corrected chi connectivity index (χ2v) is 10.1. The van der Waals surface area contributed by atoms with Crippen LogP contribution in [0, 0.1) is 5.82 Å². The molecule has 1 atom stereocenters. The zero-order valence-electron chi connectivity index (χ0n) is 18.8. The average Bonchev–Trinajstić information content (AvgIpc) is 3.20. The lowest BCUT2D eigenvalue weighted by atomic mass is 9.77. The Labute approximate surface area is 198 Å². The minimum Gasteiger partial charge on any atom is -0.493 e. The summed E-state index contributed by atoms with van der Waals surface area (Å²) in [7, 11) is -0.540. The Hall–Kier alpha value is -2.36. The molecule has 0 aliphatic carbocycles. The molecule has 1 aliphatic heterocycles. The third-order valence-corrected chi connectivity index (χ3v) is 6.92. The van der Waals surface area contributed by atoms with Gasteiger partial charge in [-0.15, -0.1) is 0 Å². The zero-order chi connectivity index (χ0) is 24.2. The van der Waals surface area contributed by atoms with Gasteiger partial charge in [0.15, 0.2) is 11.5 Å². The van der Waals surface area contributed by atoms with E-state index in [4.69, 9.17) is 25.3 Å². The van der Waals surface area contributed by atoms with Crippen molar-refractivity contribution in [3.63, 3.8) is 0 Å². The van der Waals surface area contributed by atoms with E-state index in [1.54, 1.807) is 17.0 Å². The summed E-state index contributed by atoms with van der Waals surface area (Å²) in [5.74, 6) is 0.307. The predicted octanol–water partition coefficient (Wildman–Crippen LogP) is 3.58. The van der Waals surface area contributed by atoms with Gasteiger partial charge in [-0.05, 0) is 42.7 Å². The van der Waals surface area contributed by atoms with Crippen LogP contribution in [0.15, 0.2) is 36.4 Å². The van der Waals surface area contributed by atoms with Crippen LogP contribution in [0.2, 0.25) is 5.02 Å². The molecular weight excluding hydrogens is 473 g/mol. The Bertz CT molecular complexity index is 1110. The molecule has 1 fully saturated rings. The van der Waals surface area contributed by atoms with Crippen LogP contribution in [0.3, 0.4) is 0 Å². The Morgan fingerprint density at radius 3 is 2.55 bits per heavy atom. The number of rotatable bonds is 9. The van der Waals surface area contributed by atoms with Gasteiger partial charge in [0, 0.05) is 29.1 Å². The normalized spacial score (nSPS) is 18.4. The number of methoxy groups -OCH3 is 2. The van der Waals surface area contributed by atoms with Crippen LogP contribution in [0.5, 0.6) is 11.5 Å². The molecule has 1 heterocycles. The topological polar surface area (TPSA) is 82.1 Å². The van der Waals surface area contributed by atoms with Gasteiger partial charge in [0.1, 0.15) is 5.82 Å². The summed E-state index contributed by atoms with van der Waals surface area (Å²) in [6.45, 7) is 0.715. The Morgan fingerprint density at radius 1 is 1.18 bits per heavy atom. The van der Waals surface area contributed by atoms with Gasteiger partial charge in [0.2, 0.25) is 5.91 Å². The van der Waals surface area contributed by atoms with Crippen molar-refractivity contribution in [1.29, 1.82) is 0 Å². The predicted molar refractivity (Wildman–Crippen MR) is 123 cm³/mol. The van der Waals surface area contributed by atoms with Gasteiger partial charge in [-0.1, -0.05) is 23.7 Å². The minimum absolute atomic E-state index is 0.0334. The minimum atomic E-state index is -3.61. The second-order valence-electron chi connectivity index (χ2n) is 8.07. The van der Waals surface area contributed by atoms with Crippen molar-refractivity contribution in [3.8, 4) is 11.5 Å². The highest BCUT2D eigenvalue weighted by Crippen LogP contribution is 2.41. The van der Waals surface area contributed by atoms with Gasteiger partial charge in [0.25, 0.3) is 10.1 Å². The summed E-state index contributed by atoms with van der Waals surface area (Å²) in [5, 5.41) is 0.204. The molecule has 10 heteroatoms. The van der Waals surface area contributed by atoms with E-state index in [-0.39, 0.29) is 29.5 Å². The zero-order valence-corrected chi connectivity index (χ0v) is 20.3. The smallest absolute Gasteiger partial charge is 0.264 e. The van der Waals surface area contributed by atoms with Crippen molar-refractivity contribution in [2.24, 2.45) is 0 Å². The number of likely N-dealkylation sites (tertiary alicyclic amines) is 1. The fraction of sp³-hybridized carbons (Fsp3) is 0.435. The van der Waals surface area contributed by atoms with Crippen LogP contribution >= 0.6 is 11.6 Å². The molecule has 7 nitrogen and oxygen atoms in total. The molecule has 0 aromatic heterocycles. The van der Waals surface area contributed by atoms with Crippen LogP contribution in [-0.4, -0.2) is 59.4 Å². The largest absolute Gasteiger partial charge is 0.493 e. The van der Waals surface area contributed by atoms with Crippen molar-refractivity contribution in [2.75, 3.05) is 40.2 Å². The quantitative estimate of drug-likeness (QED) is 0.490. The van der Waals surface area contributed by atoms with Crippen LogP contribution in [0.4, 0.5) is 4.39 Å². The maximum Gasteiger partial charge on any atom is 0.264 e. The molecule has 1 aliphatic rings. The maximum absolute atomic E-state index is 14.2. The molecule has 33 heavy (non-hydrogen) atoms. The molecule has 0 radical (unpaired) electrons. The monoisotopic (exact) mass is 499 g/mol. The van der Waals surface area contributed by atoms with E-state index in [1.807, 2.05) is 12.1 Å². The van der Waals surface area contributed by atoms with Gasteiger partial charge in [0.05, 0.1) is 33.5 Å². The van der Waals surface area contributed by atoms with E-state index in [0.29, 0.717) is 37.4 Å². The first kappa shape index (κ1) is 25.3. The lowest BCUT2D eigenvalue weighted by molar-refractivity contribution is -0.129. The number of hydrogen-bond acceptors (Lipinski definition) is 6. The van der Waals surface area contributed by atoms with E-state index in [0.717, 1.165) is 11.8 Å². The summed E-state index contributed by atoms with van der Waals surface area (Å²) in [4.78, 5) is 14.7. The molecule has 180 valence electrons.